The number of anilines is 1. The normalized spacial score (nSPS) is 10.3. The summed E-state index contributed by atoms with van der Waals surface area (Å²) in [4.78, 5) is 20.2. The molecule has 8 heteroatoms. The van der Waals surface area contributed by atoms with Gasteiger partial charge in [0.1, 0.15) is 11.6 Å². The molecule has 0 saturated heterocycles. The molecular formula is C17H18N6O2. The van der Waals surface area contributed by atoms with E-state index in [1.807, 2.05) is 19.1 Å². The Bertz CT molecular complexity index is 817. The van der Waals surface area contributed by atoms with Gasteiger partial charge >= 0.3 is 6.03 Å². The second kappa shape index (κ2) is 7.91. The van der Waals surface area contributed by atoms with E-state index < -0.39 is 0 Å². The van der Waals surface area contributed by atoms with Crippen LogP contribution in [0.15, 0.2) is 48.8 Å². The van der Waals surface area contributed by atoms with Gasteiger partial charge in [-0.1, -0.05) is 0 Å². The van der Waals surface area contributed by atoms with Gasteiger partial charge in [0.25, 0.3) is 0 Å². The number of hydrogen-bond donors (Lipinski definition) is 3. The molecule has 0 aliphatic rings. The fraction of sp³-hybridized carbons (Fsp3) is 0.176. The van der Waals surface area contributed by atoms with Crippen molar-refractivity contribution >= 4 is 11.7 Å². The number of nitrogens with one attached hydrogen (secondary N) is 3. The Hall–Kier alpha value is -3.42. The summed E-state index contributed by atoms with van der Waals surface area (Å²) in [5.41, 5.74) is 1.53. The highest BCUT2D eigenvalue weighted by molar-refractivity contribution is 5.89. The number of nitrogens with zero attached hydrogens (tertiary/aromatic N) is 3. The number of carbonyl (C=O) groups is 1. The molecule has 2 amide bonds. The molecule has 2 aromatic heterocycles. The van der Waals surface area contributed by atoms with Crippen LogP contribution in [0.1, 0.15) is 12.7 Å². The quantitative estimate of drug-likeness (QED) is 0.641. The van der Waals surface area contributed by atoms with Crippen LogP contribution in [0.3, 0.4) is 0 Å². The molecule has 128 valence electrons. The van der Waals surface area contributed by atoms with Gasteiger partial charge in [0, 0.05) is 23.6 Å². The molecule has 0 atom stereocenters. The van der Waals surface area contributed by atoms with Crippen molar-refractivity contribution in [3.05, 3.63) is 54.6 Å². The third-order valence-electron chi connectivity index (χ3n) is 3.31. The summed E-state index contributed by atoms with van der Waals surface area (Å²) in [6.07, 6.45) is 3.35. The van der Waals surface area contributed by atoms with Crippen LogP contribution < -0.4 is 15.4 Å². The molecule has 2 heterocycles. The van der Waals surface area contributed by atoms with E-state index in [2.05, 4.69) is 30.8 Å². The largest absolute Gasteiger partial charge is 0.494 e. The predicted octanol–water partition coefficient (Wildman–Crippen LogP) is 2.59. The Balaban J connectivity index is 1.51. The maximum atomic E-state index is 11.9. The number of aromatic amines is 1. The number of amides is 2. The van der Waals surface area contributed by atoms with E-state index in [0.717, 1.165) is 11.3 Å². The highest BCUT2D eigenvalue weighted by Crippen LogP contribution is 2.15. The summed E-state index contributed by atoms with van der Waals surface area (Å²) in [5.74, 6) is 1.89. The standard InChI is InChI=1S/C17H18N6O2/c1-2-25-14-5-3-13(4-6-14)20-17(24)19-11-15-21-16(23-22-15)12-7-9-18-10-8-12/h3-10H,2,11H2,1H3,(H2,19,20,24)(H,21,22,23). The van der Waals surface area contributed by atoms with Gasteiger partial charge in [-0.15, -0.1) is 0 Å². The van der Waals surface area contributed by atoms with Gasteiger partial charge in [0.05, 0.1) is 13.2 Å². The molecule has 8 nitrogen and oxygen atoms in total. The summed E-state index contributed by atoms with van der Waals surface area (Å²) in [6, 6.07) is 10.5. The SMILES string of the molecule is CCOc1ccc(NC(=O)NCc2nc(-c3ccncc3)n[nH]2)cc1. The van der Waals surface area contributed by atoms with Crippen LogP contribution in [-0.2, 0) is 6.54 Å². The van der Waals surface area contributed by atoms with Crippen LogP contribution in [0, 0.1) is 0 Å². The third kappa shape index (κ3) is 4.54. The number of aromatic nitrogens is 4. The Labute approximate surface area is 144 Å². The number of H-pyrrole nitrogens is 1. The van der Waals surface area contributed by atoms with Crippen molar-refractivity contribution in [2.45, 2.75) is 13.5 Å². The van der Waals surface area contributed by atoms with Gasteiger partial charge < -0.3 is 15.4 Å². The number of benzene rings is 1. The molecule has 1 aromatic carbocycles. The minimum absolute atomic E-state index is 0.237. The first-order valence-corrected chi connectivity index (χ1v) is 7.84. The van der Waals surface area contributed by atoms with Crippen molar-refractivity contribution in [1.29, 1.82) is 0 Å². The minimum atomic E-state index is -0.328. The first kappa shape index (κ1) is 16.4. The number of ether oxygens (including phenoxy) is 1. The lowest BCUT2D eigenvalue weighted by molar-refractivity contribution is 0.251. The lowest BCUT2D eigenvalue weighted by Crippen LogP contribution is -2.28. The van der Waals surface area contributed by atoms with Gasteiger partial charge in [-0.25, -0.2) is 9.78 Å². The summed E-state index contributed by atoms with van der Waals surface area (Å²) in [6.45, 7) is 2.76. The molecule has 3 aromatic rings. The highest BCUT2D eigenvalue weighted by atomic mass is 16.5. The van der Waals surface area contributed by atoms with Crippen LogP contribution in [0.5, 0.6) is 5.75 Å². The zero-order chi connectivity index (χ0) is 17.5. The zero-order valence-corrected chi connectivity index (χ0v) is 13.7. The molecule has 0 unspecified atom stereocenters. The topological polar surface area (TPSA) is 105 Å². The number of pyridine rings is 1. The lowest BCUT2D eigenvalue weighted by Gasteiger charge is -2.07. The van der Waals surface area contributed by atoms with Crippen LogP contribution in [0.25, 0.3) is 11.4 Å². The monoisotopic (exact) mass is 338 g/mol. The van der Waals surface area contributed by atoms with Crippen LogP contribution >= 0.6 is 0 Å². The maximum absolute atomic E-state index is 11.9. The van der Waals surface area contributed by atoms with E-state index >= 15 is 0 Å². The van der Waals surface area contributed by atoms with E-state index in [0.29, 0.717) is 23.9 Å². The van der Waals surface area contributed by atoms with E-state index in [9.17, 15) is 4.79 Å². The number of carbonyl (C=O) groups excluding carboxylic acids is 1. The zero-order valence-electron chi connectivity index (χ0n) is 13.7. The van der Waals surface area contributed by atoms with E-state index in [-0.39, 0.29) is 12.6 Å². The van der Waals surface area contributed by atoms with Gasteiger partial charge in [-0.3, -0.25) is 10.1 Å². The Morgan fingerprint density at radius 3 is 2.64 bits per heavy atom. The first-order chi connectivity index (χ1) is 12.2. The van der Waals surface area contributed by atoms with Crippen LogP contribution in [-0.4, -0.2) is 32.8 Å². The molecular weight excluding hydrogens is 320 g/mol. The summed E-state index contributed by atoms with van der Waals surface area (Å²) >= 11 is 0. The fourth-order valence-corrected chi connectivity index (χ4v) is 2.14. The molecule has 3 rings (SSSR count). The van der Waals surface area contributed by atoms with E-state index in [1.54, 1.807) is 36.7 Å². The summed E-state index contributed by atoms with van der Waals surface area (Å²) in [5, 5.41) is 12.4. The highest BCUT2D eigenvalue weighted by Gasteiger charge is 2.07. The number of hydrogen-bond acceptors (Lipinski definition) is 5. The van der Waals surface area contributed by atoms with Crippen molar-refractivity contribution in [2.75, 3.05) is 11.9 Å². The third-order valence-corrected chi connectivity index (χ3v) is 3.31. The lowest BCUT2D eigenvalue weighted by atomic mass is 10.2. The van der Waals surface area contributed by atoms with Gasteiger partial charge in [0.15, 0.2) is 5.82 Å². The molecule has 0 radical (unpaired) electrons. The van der Waals surface area contributed by atoms with Gasteiger partial charge in [0.2, 0.25) is 0 Å². The fourth-order valence-electron chi connectivity index (χ4n) is 2.14. The average Bonchev–Trinajstić information content (AvgIpc) is 3.12. The Morgan fingerprint density at radius 1 is 1.16 bits per heavy atom. The van der Waals surface area contributed by atoms with Gasteiger partial charge in [-0.05, 0) is 43.3 Å². The Kier molecular flexibility index (Phi) is 5.20. The van der Waals surface area contributed by atoms with Crippen molar-refractivity contribution in [2.24, 2.45) is 0 Å². The maximum Gasteiger partial charge on any atom is 0.319 e. The Morgan fingerprint density at radius 2 is 1.92 bits per heavy atom. The average molecular weight is 338 g/mol. The van der Waals surface area contributed by atoms with Crippen molar-refractivity contribution < 1.29 is 9.53 Å². The smallest absolute Gasteiger partial charge is 0.319 e. The summed E-state index contributed by atoms with van der Waals surface area (Å²) < 4.78 is 5.36. The summed E-state index contributed by atoms with van der Waals surface area (Å²) in [7, 11) is 0. The molecule has 0 bridgehead atoms. The predicted molar refractivity (Wildman–Crippen MR) is 93.1 cm³/mol. The first-order valence-electron chi connectivity index (χ1n) is 7.84. The molecule has 3 N–H and O–H groups in total. The molecule has 0 saturated carbocycles. The number of rotatable bonds is 6. The molecule has 0 aliphatic carbocycles. The molecule has 25 heavy (non-hydrogen) atoms. The minimum Gasteiger partial charge on any atom is -0.494 e. The second-order valence-corrected chi connectivity index (χ2v) is 5.11. The molecule has 0 fully saturated rings. The molecule has 0 spiro atoms. The van der Waals surface area contributed by atoms with Crippen molar-refractivity contribution in [3.63, 3.8) is 0 Å². The number of urea groups is 1. The van der Waals surface area contributed by atoms with E-state index in [1.165, 1.54) is 0 Å². The van der Waals surface area contributed by atoms with Crippen molar-refractivity contribution in [1.82, 2.24) is 25.5 Å². The van der Waals surface area contributed by atoms with Gasteiger partial charge in [-0.2, -0.15) is 5.10 Å². The van der Waals surface area contributed by atoms with Crippen molar-refractivity contribution in [3.8, 4) is 17.1 Å². The van der Waals surface area contributed by atoms with Crippen LogP contribution in [0.4, 0.5) is 10.5 Å². The molecule has 0 aliphatic heterocycles. The van der Waals surface area contributed by atoms with E-state index in [4.69, 9.17) is 4.74 Å². The second-order valence-electron chi connectivity index (χ2n) is 5.11. The van der Waals surface area contributed by atoms with Crippen LogP contribution in [0.2, 0.25) is 0 Å².